The molecule has 5 atom stereocenters. The van der Waals surface area contributed by atoms with Gasteiger partial charge in [0.25, 0.3) is 0 Å². The maximum Gasteiger partial charge on any atom is 0.173 e. The normalized spacial score (nSPS) is 39.1. The largest absolute Gasteiger partial charge is 0.493 e. The lowest BCUT2D eigenvalue weighted by atomic mass is 9.62. The topological polar surface area (TPSA) is 66.8 Å². The molecule has 0 spiro atoms. The Kier molecular flexibility index (Phi) is 6.60. The van der Waals surface area contributed by atoms with E-state index in [1.54, 1.807) is 0 Å². The monoisotopic (exact) mass is 426 g/mol. The van der Waals surface area contributed by atoms with Crippen LogP contribution in [0.1, 0.15) is 71.6 Å². The van der Waals surface area contributed by atoms with Gasteiger partial charge in [-0.3, -0.25) is 4.79 Å². The molecule has 4 nitrogen and oxygen atoms in total. The third-order valence-corrected chi connectivity index (χ3v) is 8.31. The highest BCUT2D eigenvalue weighted by Crippen LogP contribution is 2.59. The first-order valence-corrected chi connectivity index (χ1v) is 12.1. The quantitative estimate of drug-likeness (QED) is 0.585. The van der Waals surface area contributed by atoms with Crippen LogP contribution in [0.25, 0.3) is 0 Å². The van der Waals surface area contributed by atoms with Gasteiger partial charge in [-0.1, -0.05) is 31.2 Å². The molecule has 0 radical (unpaired) electrons. The Morgan fingerprint density at radius 2 is 2.00 bits per heavy atom. The van der Waals surface area contributed by atoms with Gasteiger partial charge in [-0.2, -0.15) is 0 Å². The summed E-state index contributed by atoms with van der Waals surface area (Å²) < 4.78 is 5.69. The summed E-state index contributed by atoms with van der Waals surface area (Å²) in [7, 11) is 0. The van der Waals surface area contributed by atoms with E-state index in [1.165, 1.54) is 30.4 Å². The minimum absolute atomic E-state index is 0.217. The summed E-state index contributed by atoms with van der Waals surface area (Å²) in [6.45, 7) is 8.85. The lowest BCUT2D eigenvalue weighted by Crippen LogP contribution is -2.33. The van der Waals surface area contributed by atoms with Gasteiger partial charge in [-0.15, -0.1) is 0 Å². The molecule has 31 heavy (non-hydrogen) atoms. The number of fused-ring (bicyclic) bond motifs is 1. The highest BCUT2D eigenvalue weighted by Gasteiger charge is 2.49. The average molecular weight is 427 g/mol. The Balaban J connectivity index is 1.45. The zero-order valence-electron chi connectivity index (χ0n) is 19.1. The Morgan fingerprint density at radius 3 is 2.74 bits per heavy atom. The third-order valence-electron chi connectivity index (χ3n) is 8.31. The van der Waals surface area contributed by atoms with Crippen molar-refractivity contribution in [1.82, 2.24) is 0 Å². The molecule has 4 fully saturated rings. The SMILES string of the molecule is C=C1/C(=C\C=C2/CCC[C@@]3(C)C2CC[C@@H]3/C(C)=C\OCC(=O)C2CC2)C[C@@H](O)C[C@@H]1O. The van der Waals surface area contributed by atoms with Crippen molar-refractivity contribution in [2.45, 2.75) is 83.8 Å². The zero-order valence-corrected chi connectivity index (χ0v) is 19.1. The van der Waals surface area contributed by atoms with Crippen LogP contribution >= 0.6 is 0 Å². The highest BCUT2D eigenvalue weighted by atomic mass is 16.5. The number of aliphatic hydroxyl groups excluding tert-OH is 2. The molecule has 1 unspecified atom stereocenters. The lowest BCUT2D eigenvalue weighted by Gasteiger charge is -2.42. The molecule has 4 heteroatoms. The smallest absolute Gasteiger partial charge is 0.173 e. The van der Waals surface area contributed by atoms with E-state index in [1.807, 2.05) is 6.26 Å². The minimum Gasteiger partial charge on any atom is -0.493 e. The van der Waals surface area contributed by atoms with Crippen molar-refractivity contribution < 1.29 is 19.7 Å². The summed E-state index contributed by atoms with van der Waals surface area (Å²) in [5, 5.41) is 20.2. The second kappa shape index (κ2) is 9.07. The fourth-order valence-corrected chi connectivity index (χ4v) is 6.31. The van der Waals surface area contributed by atoms with Crippen molar-refractivity contribution in [3.05, 3.63) is 47.3 Å². The van der Waals surface area contributed by atoms with Crippen LogP contribution < -0.4 is 0 Å². The summed E-state index contributed by atoms with van der Waals surface area (Å²) in [6.07, 6.45) is 13.9. The average Bonchev–Trinajstić information content (AvgIpc) is 3.51. The maximum atomic E-state index is 11.9. The second-order valence-corrected chi connectivity index (χ2v) is 10.5. The molecular formula is C27H38O4. The number of allylic oxidation sites excluding steroid dienone is 4. The number of aliphatic hydroxyl groups is 2. The zero-order chi connectivity index (χ0) is 22.2. The number of hydrogen-bond donors (Lipinski definition) is 2. The van der Waals surface area contributed by atoms with E-state index in [4.69, 9.17) is 4.74 Å². The lowest BCUT2D eigenvalue weighted by molar-refractivity contribution is -0.123. The molecular weight excluding hydrogens is 388 g/mol. The summed E-state index contributed by atoms with van der Waals surface area (Å²) >= 11 is 0. The van der Waals surface area contributed by atoms with Crippen molar-refractivity contribution in [2.24, 2.45) is 23.2 Å². The van der Waals surface area contributed by atoms with E-state index in [0.29, 0.717) is 24.7 Å². The summed E-state index contributed by atoms with van der Waals surface area (Å²) in [4.78, 5) is 11.9. The van der Waals surface area contributed by atoms with Crippen molar-refractivity contribution in [1.29, 1.82) is 0 Å². The number of carbonyl (C=O) groups is 1. The molecule has 0 saturated heterocycles. The van der Waals surface area contributed by atoms with Gasteiger partial charge in [0.2, 0.25) is 0 Å². The Labute approximate surface area is 186 Å². The van der Waals surface area contributed by atoms with Crippen LogP contribution in [0.3, 0.4) is 0 Å². The fraction of sp³-hybridized carbons (Fsp3) is 0.667. The Bertz CT molecular complexity index is 815. The summed E-state index contributed by atoms with van der Waals surface area (Å²) in [5.41, 5.74) is 4.70. The van der Waals surface area contributed by atoms with Gasteiger partial charge < -0.3 is 14.9 Å². The molecule has 4 saturated carbocycles. The van der Waals surface area contributed by atoms with E-state index in [2.05, 4.69) is 32.6 Å². The van der Waals surface area contributed by atoms with Gasteiger partial charge in [-0.25, -0.2) is 0 Å². The third kappa shape index (κ3) is 4.75. The predicted molar refractivity (Wildman–Crippen MR) is 122 cm³/mol. The fourth-order valence-electron chi connectivity index (χ4n) is 6.31. The highest BCUT2D eigenvalue weighted by molar-refractivity contribution is 5.84. The van der Waals surface area contributed by atoms with Crippen molar-refractivity contribution in [3.63, 3.8) is 0 Å². The summed E-state index contributed by atoms with van der Waals surface area (Å²) in [5.74, 6) is 1.53. The number of ketones is 1. The molecule has 0 aromatic rings. The minimum atomic E-state index is -0.638. The van der Waals surface area contributed by atoms with Crippen LogP contribution in [0.5, 0.6) is 0 Å². The second-order valence-electron chi connectivity index (χ2n) is 10.5. The van der Waals surface area contributed by atoms with Crippen molar-refractivity contribution >= 4 is 5.78 Å². The van der Waals surface area contributed by atoms with Gasteiger partial charge >= 0.3 is 0 Å². The molecule has 170 valence electrons. The van der Waals surface area contributed by atoms with Gasteiger partial charge in [0.1, 0.15) is 6.61 Å². The van der Waals surface area contributed by atoms with Gasteiger partial charge in [0.15, 0.2) is 5.78 Å². The molecule has 4 rings (SSSR count). The number of hydrogen-bond acceptors (Lipinski definition) is 4. The van der Waals surface area contributed by atoms with Crippen molar-refractivity contribution in [3.8, 4) is 0 Å². The first-order valence-electron chi connectivity index (χ1n) is 12.1. The van der Waals surface area contributed by atoms with E-state index >= 15 is 0 Å². The van der Waals surface area contributed by atoms with Crippen LogP contribution in [0, 0.1) is 23.2 Å². The molecule has 0 aromatic heterocycles. The Hall–Kier alpha value is -1.65. The molecule has 0 aromatic carbocycles. The number of rotatable bonds is 6. The van der Waals surface area contributed by atoms with Gasteiger partial charge in [-0.05, 0) is 92.3 Å². The molecule has 0 bridgehead atoms. The Morgan fingerprint density at radius 1 is 1.23 bits per heavy atom. The van der Waals surface area contributed by atoms with Crippen LogP contribution in [-0.2, 0) is 9.53 Å². The van der Waals surface area contributed by atoms with E-state index in [9.17, 15) is 15.0 Å². The first kappa shape index (κ1) is 22.5. The molecule has 0 aliphatic heterocycles. The molecule has 2 N–H and O–H groups in total. The van der Waals surface area contributed by atoms with E-state index in [0.717, 1.165) is 36.8 Å². The first-order chi connectivity index (χ1) is 14.8. The van der Waals surface area contributed by atoms with E-state index < -0.39 is 12.2 Å². The van der Waals surface area contributed by atoms with Crippen LogP contribution in [-0.4, -0.2) is 34.8 Å². The standard InChI is InChI=1S/C27H38O4/c1-17(15-31-16-26(30)20-7-8-20)23-10-11-24-19(5-4-12-27(23,24)3)6-9-21-13-22(28)14-25(29)18(21)2/h6,9,15,20,22-25,28-29H,2,4-5,7-8,10-14,16H2,1,3H3/b17-15-,19-6+,21-9-/t22-,23-,24?,25+,27-/m1/s1. The van der Waals surface area contributed by atoms with Gasteiger partial charge in [0.05, 0.1) is 18.5 Å². The van der Waals surface area contributed by atoms with E-state index in [-0.39, 0.29) is 23.7 Å². The molecule has 0 heterocycles. The predicted octanol–water partition coefficient (Wildman–Crippen LogP) is 5.03. The molecule has 0 amide bonds. The van der Waals surface area contributed by atoms with Crippen molar-refractivity contribution in [2.75, 3.05) is 6.61 Å². The number of carbonyl (C=O) groups excluding carboxylic acids is 1. The van der Waals surface area contributed by atoms with Crippen LogP contribution in [0.4, 0.5) is 0 Å². The summed E-state index contributed by atoms with van der Waals surface area (Å²) in [6, 6.07) is 0. The number of Topliss-reactive ketones (excluding diaryl/α,β-unsaturated/α-hetero) is 1. The van der Waals surface area contributed by atoms with Crippen LogP contribution in [0.2, 0.25) is 0 Å². The molecule has 4 aliphatic carbocycles. The number of ether oxygens (including phenoxy) is 1. The van der Waals surface area contributed by atoms with Crippen LogP contribution in [0.15, 0.2) is 47.3 Å². The van der Waals surface area contributed by atoms with Gasteiger partial charge in [0, 0.05) is 12.3 Å². The molecule has 4 aliphatic rings. The maximum absolute atomic E-state index is 11.9.